The normalized spacial score (nSPS) is 15.6. The number of esters is 1. The molecule has 6 nitrogen and oxygen atoms in total. The van der Waals surface area contributed by atoms with E-state index in [1.54, 1.807) is 27.7 Å². The molecule has 1 aromatic rings. The summed E-state index contributed by atoms with van der Waals surface area (Å²) in [5.74, 6) is -1.50. The Morgan fingerprint density at radius 2 is 1.90 bits per heavy atom. The summed E-state index contributed by atoms with van der Waals surface area (Å²) >= 11 is 2.27. The van der Waals surface area contributed by atoms with Crippen molar-refractivity contribution in [2.45, 2.75) is 52.5 Å². The number of amides is 1. The van der Waals surface area contributed by atoms with Crippen LogP contribution in [0.2, 0.25) is 0 Å². The van der Waals surface area contributed by atoms with E-state index in [1.807, 2.05) is 30.3 Å². The number of rotatable bonds is 10. The molecule has 1 aliphatic heterocycles. The van der Waals surface area contributed by atoms with Crippen molar-refractivity contribution in [1.29, 1.82) is 0 Å². The topological polar surface area (TPSA) is 72.9 Å². The summed E-state index contributed by atoms with van der Waals surface area (Å²) < 4.78 is 11.9. The molecule has 164 valence electrons. The van der Waals surface area contributed by atoms with Gasteiger partial charge in [-0.25, -0.2) is 0 Å². The van der Waals surface area contributed by atoms with Crippen LogP contribution in [0.5, 0.6) is 0 Å². The summed E-state index contributed by atoms with van der Waals surface area (Å²) in [5, 5.41) is 0. The van der Waals surface area contributed by atoms with E-state index in [1.165, 1.54) is 4.90 Å². The molecule has 1 aliphatic rings. The van der Waals surface area contributed by atoms with E-state index < -0.39 is 17.4 Å². The summed E-state index contributed by atoms with van der Waals surface area (Å²) in [6.45, 7) is 6.98. The van der Waals surface area contributed by atoms with Crippen LogP contribution in [0.15, 0.2) is 36.1 Å². The molecule has 0 saturated carbocycles. The lowest BCUT2D eigenvalue weighted by Crippen LogP contribution is -2.58. The Morgan fingerprint density at radius 3 is 2.50 bits per heavy atom. The minimum absolute atomic E-state index is 0.0387. The van der Waals surface area contributed by atoms with Gasteiger partial charge in [-0.2, -0.15) is 0 Å². The average molecular weight is 527 g/mol. The van der Waals surface area contributed by atoms with E-state index in [2.05, 4.69) is 22.6 Å². The highest BCUT2D eigenvalue weighted by Crippen LogP contribution is 2.32. The Hall–Kier alpha value is -1.90. The molecule has 0 fully saturated rings. The Morgan fingerprint density at radius 1 is 1.23 bits per heavy atom. The third-order valence-corrected chi connectivity index (χ3v) is 6.09. The molecule has 1 heterocycles. The lowest BCUT2D eigenvalue weighted by Gasteiger charge is -2.41. The van der Waals surface area contributed by atoms with Gasteiger partial charge in [-0.3, -0.25) is 19.3 Å². The first-order chi connectivity index (χ1) is 14.3. The van der Waals surface area contributed by atoms with Crippen molar-refractivity contribution in [2.75, 3.05) is 17.8 Å². The molecule has 7 heteroatoms. The number of ketones is 1. The van der Waals surface area contributed by atoms with Crippen LogP contribution in [-0.2, 0) is 23.9 Å². The van der Waals surface area contributed by atoms with E-state index >= 15 is 0 Å². The number of carbonyl (C=O) groups excluding carboxylic acids is 3. The standard InChI is InChI=1S/C23H30INO5/c1-5-29-22(28)18(13-9-10-14-24)20(26)23(3,4)25-15-30-16(2)19(21(25)27)17-11-7-6-8-12-17/h6-8,11-12,18H,5,9-10,13-15H2,1-4H3. The van der Waals surface area contributed by atoms with Crippen LogP contribution < -0.4 is 0 Å². The van der Waals surface area contributed by atoms with Crippen LogP contribution in [0.3, 0.4) is 0 Å². The Bertz CT molecular complexity index is 803. The van der Waals surface area contributed by atoms with Gasteiger partial charge in [0, 0.05) is 0 Å². The average Bonchev–Trinajstić information content (AvgIpc) is 2.71. The molecule has 0 aliphatic carbocycles. The highest BCUT2D eigenvalue weighted by Gasteiger charge is 2.46. The number of halogens is 1. The van der Waals surface area contributed by atoms with Gasteiger partial charge in [-0.1, -0.05) is 59.3 Å². The fourth-order valence-corrected chi connectivity index (χ4v) is 4.07. The third kappa shape index (κ3) is 5.42. The Kier molecular flexibility index (Phi) is 8.88. The van der Waals surface area contributed by atoms with Gasteiger partial charge in [-0.15, -0.1) is 0 Å². The van der Waals surface area contributed by atoms with Gasteiger partial charge in [0.25, 0.3) is 5.91 Å². The van der Waals surface area contributed by atoms with Crippen molar-refractivity contribution in [2.24, 2.45) is 5.92 Å². The molecular weight excluding hydrogens is 497 g/mol. The van der Waals surface area contributed by atoms with Gasteiger partial charge in [0.2, 0.25) is 0 Å². The largest absolute Gasteiger partial charge is 0.477 e. The highest BCUT2D eigenvalue weighted by atomic mass is 127. The molecule has 0 N–H and O–H groups in total. The van der Waals surface area contributed by atoms with Crippen molar-refractivity contribution in [3.63, 3.8) is 0 Å². The predicted octanol–water partition coefficient (Wildman–Crippen LogP) is 4.37. The lowest BCUT2D eigenvalue weighted by molar-refractivity contribution is -0.160. The first-order valence-electron chi connectivity index (χ1n) is 10.2. The molecule has 1 aromatic carbocycles. The monoisotopic (exact) mass is 527 g/mol. The van der Waals surface area contributed by atoms with Crippen LogP contribution in [0, 0.1) is 5.92 Å². The van der Waals surface area contributed by atoms with Crippen molar-refractivity contribution >= 4 is 45.8 Å². The van der Waals surface area contributed by atoms with E-state index in [0.29, 0.717) is 17.8 Å². The van der Waals surface area contributed by atoms with Gasteiger partial charge < -0.3 is 9.47 Å². The lowest BCUT2D eigenvalue weighted by atomic mass is 9.83. The molecule has 1 amide bonds. The van der Waals surface area contributed by atoms with Crippen LogP contribution in [0.4, 0.5) is 0 Å². The zero-order valence-corrected chi connectivity index (χ0v) is 20.2. The van der Waals surface area contributed by atoms with E-state index in [4.69, 9.17) is 9.47 Å². The maximum Gasteiger partial charge on any atom is 0.316 e. The van der Waals surface area contributed by atoms with Crippen molar-refractivity contribution < 1.29 is 23.9 Å². The number of hydrogen-bond donors (Lipinski definition) is 0. The molecular formula is C23H30INO5. The number of unbranched alkanes of at least 4 members (excludes halogenated alkanes) is 1. The molecule has 0 aromatic heterocycles. The highest BCUT2D eigenvalue weighted by molar-refractivity contribution is 14.1. The predicted molar refractivity (Wildman–Crippen MR) is 124 cm³/mol. The smallest absolute Gasteiger partial charge is 0.316 e. The van der Waals surface area contributed by atoms with E-state index in [9.17, 15) is 14.4 Å². The fourth-order valence-electron chi connectivity index (χ4n) is 3.53. The third-order valence-electron chi connectivity index (χ3n) is 5.33. The van der Waals surface area contributed by atoms with Gasteiger partial charge in [0.1, 0.15) is 17.2 Å². The molecule has 1 unspecified atom stereocenters. The van der Waals surface area contributed by atoms with E-state index in [-0.39, 0.29) is 25.0 Å². The second-order valence-electron chi connectivity index (χ2n) is 7.72. The minimum atomic E-state index is -1.22. The van der Waals surface area contributed by atoms with Crippen molar-refractivity contribution in [1.82, 2.24) is 4.90 Å². The molecule has 0 radical (unpaired) electrons. The quantitative estimate of drug-likeness (QED) is 0.149. The number of nitrogens with zero attached hydrogens (tertiary/aromatic N) is 1. The van der Waals surface area contributed by atoms with Crippen molar-refractivity contribution in [3.8, 4) is 0 Å². The van der Waals surface area contributed by atoms with Crippen molar-refractivity contribution in [3.05, 3.63) is 41.7 Å². The minimum Gasteiger partial charge on any atom is -0.477 e. The number of hydrogen-bond acceptors (Lipinski definition) is 5. The van der Waals surface area contributed by atoms with Crippen LogP contribution in [0.25, 0.3) is 5.57 Å². The number of Topliss-reactive ketones (excluding diaryl/α,β-unsaturated/α-hetero) is 1. The Balaban J connectivity index is 2.32. The molecule has 1 atom stereocenters. The maximum atomic E-state index is 13.5. The second kappa shape index (κ2) is 10.9. The van der Waals surface area contributed by atoms with Crippen LogP contribution >= 0.6 is 22.6 Å². The number of allylic oxidation sites excluding steroid dienone is 1. The van der Waals surface area contributed by atoms with Crippen LogP contribution in [-0.4, -0.2) is 45.9 Å². The number of carbonyl (C=O) groups is 3. The summed E-state index contributed by atoms with van der Waals surface area (Å²) in [5.41, 5.74) is -0.0585. The van der Waals surface area contributed by atoms with Gasteiger partial charge in [0.05, 0.1) is 12.2 Å². The van der Waals surface area contributed by atoms with Gasteiger partial charge >= 0.3 is 5.97 Å². The number of alkyl halides is 1. The SMILES string of the molecule is CCOC(=O)C(CCCCI)C(=O)C(C)(C)N1COC(C)=C(c2ccccc2)C1=O. The summed E-state index contributed by atoms with van der Waals surface area (Å²) in [7, 11) is 0. The Labute approximate surface area is 192 Å². The maximum absolute atomic E-state index is 13.5. The number of ether oxygens (including phenoxy) is 2. The van der Waals surface area contributed by atoms with E-state index in [0.717, 1.165) is 22.8 Å². The molecule has 0 saturated heterocycles. The van der Waals surface area contributed by atoms with Crippen LogP contribution in [0.1, 0.15) is 52.5 Å². The summed E-state index contributed by atoms with van der Waals surface area (Å²) in [6, 6.07) is 9.25. The first-order valence-corrected chi connectivity index (χ1v) is 11.8. The molecule has 0 bridgehead atoms. The summed E-state index contributed by atoms with van der Waals surface area (Å²) in [6.07, 6.45) is 2.07. The number of benzene rings is 1. The second-order valence-corrected chi connectivity index (χ2v) is 8.80. The molecule has 0 spiro atoms. The summed E-state index contributed by atoms with van der Waals surface area (Å²) in [4.78, 5) is 40.8. The first kappa shape index (κ1) is 24.4. The molecule has 2 rings (SSSR count). The van der Waals surface area contributed by atoms with Gasteiger partial charge in [-0.05, 0) is 50.5 Å². The molecule has 30 heavy (non-hydrogen) atoms. The van der Waals surface area contributed by atoms with Gasteiger partial charge in [0.15, 0.2) is 12.5 Å². The fraction of sp³-hybridized carbons (Fsp3) is 0.522. The zero-order chi connectivity index (χ0) is 22.3. The zero-order valence-electron chi connectivity index (χ0n) is 18.1.